The van der Waals surface area contributed by atoms with E-state index in [2.05, 4.69) is 487 Å². The van der Waals surface area contributed by atoms with Crippen molar-refractivity contribution in [1.29, 1.82) is 0 Å². The molecule has 0 spiro atoms. The van der Waals surface area contributed by atoms with Crippen LogP contribution in [-0.4, -0.2) is 28.2 Å². The van der Waals surface area contributed by atoms with Crippen molar-refractivity contribution in [2.45, 2.75) is 55.4 Å². The standard InChI is InChI=1S/C120H86N10.2Ir/c1-81-85(5)127(77-123(81)101-31-13-9-14-32-101)105-61-53-89(54-62-105)109-39-21-25-43-113(109)95-71-96(114-44-26-22-40-110(114)90-55-63-106(64-56-90)128-78-124(82(2)86(128)6)102-33-15-10-16-34-102)74-99(73-95)117-47-29-48-118(119(117)93-49-51-94(52-50-93)120-121-69-30-70-122-120)100-75-97(115-45-27-23-41-111(115)91-57-65-107(66-58-91)129-79-125(83(3)87(129)7)103-35-17-11-18-36-103)72-98(76-100)116-46-28-24-42-112(116)92-59-67-108(68-60-92)130-80-126(84(4)88(130)8)104-37-19-12-20-38-104;;/h9-50,53-61,63,65,67,69-76H,1-8H3;;/q-6;;. The third-order valence-corrected chi connectivity index (χ3v) is 25.4. The number of benzene rings is 16. The van der Waals surface area contributed by atoms with Crippen LogP contribution in [0.1, 0.15) is 45.6 Å². The van der Waals surface area contributed by atoms with Crippen molar-refractivity contribution in [2.24, 2.45) is 0 Å². The maximum Gasteiger partial charge on any atom is 0.267 e. The fourth-order valence-electron chi connectivity index (χ4n) is 18.0. The molecular formula is C120H86Ir2N10-6. The van der Waals surface area contributed by atoms with Crippen LogP contribution >= 0.6 is 0 Å². The number of rotatable bonds is 20. The van der Waals surface area contributed by atoms with Crippen molar-refractivity contribution >= 4 is 0 Å². The first-order valence-corrected chi connectivity index (χ1v) is 43.8. The first-order valence-electron chi connectivity index (χ1n) is 43.8. The summed E-state index contributed by atoms with van der Waals surface area (Å²) in [6.45, 7) is 17.1. The Morgan fingerprint density at radius 3 is 0.674 bits per heavy atom. The summed E-state index contributed by atoms with van der Waals surface area (Å²) >= 11 is 0. The molecule has 21 aromatic rings. The van der Waals surface area contributed by atoms with Crippen LogP contribution in [0, 0.1) is 117 Å². The average molecular weight is 2050 g/mol. The molecule has 0 fully saturated rings. The van der Waals surface area contributed by atoms with E-state index < -0.39 is 0 Å². The van der Waals surface area contributed by atoms with E-state index >= 15 is 0 Å². The number of aromatic nitrogens is 10. The normalized spacial score (nSPS) is 11.2. The van der Waals surface area contributed by atoms with Crippen LogP contribution in [0.3, 0.4) is 0 Å². The molecule has 0 saturated carbocycles. The van der Waals surface area contributed by atoms with E-state index in [4.69, 9.17) is 9.97 Å². The predicted molar refractivity (Wildman–Crippen MR) is 517 cm³/mol. The largest absolute Gasteiger partial charge is 0.333 e. The third-order valence-electron chi connectivity index (χ3n) is 25.4. The van der Waals surface area contributed by atoms with Gasteiger partial charge in [0.05, 0.1) is 45.5 Å². The molecule has 0 amide bonds. The molecule has 0 atom stereocenters. The van der Waals surface area contributed by atoms with Crippen molar-refractivity contribution in [3.63, 3.8) is 0 Å². The molecule has 0 aliphatic carbocycles. The number of nitrogens with zero attached hydrogens (tertiary/aromatic N) is 10. The molecule has 5 aromatic heterocycles. The minimum atomic E-state index is 0. The molecule has 2 radical (unpaired) electrons. The molecule has 0 aliphatic rings. The smallest absolute Gasteiger partial charge is 0.267 e. The van der Waals surface area contributed by atoms with Gasteiger partial charge < -0.3 is 28.2 Å². The molecule has 132 heavy (non-hydrogen) atoms. The number of hydrogen-bond donors (Lipinski definition) is 0. The van der Waals surface area contributed by atoms with Gasteiger partial charge in [-0.1, -0.05) is 216 Å². The Morgan fingerprint density at radius 2 is 0.432 bits per heavy atom. The van der Waals surface area contributed by atoms with Gasteiger partial charge in [-0.2, -0.15) is 103 Å². The third kappa shape index (κ3) is 16.4. The van der Waals surface area contributed by atoms with E-state index in [1.54, 1.807) is 12.4 Å². The van der Waals surface area contributed by atoms with Crippen molar-refractivity contribution in [3.8, 4) is 179 Å². The second kappa shape index (κ2) is 37.1. The molecule has 21 rings (SSSR count). The van der Waals surface area contributed by atoms with Crippen LogP contribution in [0.4, 0.5) is 0 Å². The molecule has 12 heteroatoms. The van der Waals surface area contributed by atoms with Crippen LogP contribution in [-0.2, 0) is 40.2 Å². The summed E-state index contributed by atoms with van der Waals surface area (Å²) < 4.78 is 16.9. The number of hydrogen-bond acceptors (Lipinski definition) is 2. The van der Waals surface area contributed by atoms with Gasteiger partial charge in [0.15, 0.2) is 0 Å². The van der Waals surface area contributed by atoms with Crippen LogP contribution in [0.15, 0.2) is 376 Å². The molecule has 0 N–H and O–H groups in total. The molecule has 0 unspecified atom stereocenters. The summed E-state index contributed by atoms with van der Waals surface area (Å²) in [5.74, 6) is 0.536. The molecule has 0 bridgehead atoms. The zero-order chi connectivity index (χ0) is 88.0. The van der Waals surface area contributed by atoms with Crippen molar-refractivity contribution in [3.05, 3.63) is 484 Å². The maximum atomic E-state index is 4.70. The summed E-state index contributed by atoms with van der Waals surface area (Å²) in [5.41, 5.74) is 39.7. The molecule has 0 saturated heterocycles. The van der Waals surface area contributed by atoms with Gasteiger partial charge in [-0.3, -0.25) is 30.4 Å². The van der Waals surface area contributed by atoms with Gasteiger partial charge >= 0.3 is 0 Å². The van der Waals surface area contributed by atoms with Crippen molar-refractivity contribution in [1.82, 2.24) is 28.2 Å². The van der Waals surface area contributed by atoms with Gasteiger partial charge in [-0.25, -0.2) is 17.7 Å². The van der Waals surface area contributed by atoms with E-state index in [0.29, 0.717) is 11.4 Å². The van der Waals surface area contributed by atoms with Crippen LogP contribution < -0.4 is 18.3 Å². The summed E-state index contributed by atoms with van der Waals surface area (Å²) in [6, 6.07) is 152. The van der Waals surface area contributed by atoms with Crippen LogP contribution in [0.25, 0.3) is 179 Å². The molecule has 10 nitrogen and oxygen atoms in total. The summed E-state index contributed by atoms with van der Waals surface area (Å²) in [7, 11) is 0. The quantitative estimate of drug-likeness (QED) is 0.0564. The van der Waals surface area contributed by atoms with E-state index in [-0.39, 0.29) is 40.2 Å². The number of imidazole rings is 4. The first-order chi connectivity index (χ1) is 63.8. The Balaban J connectivity index is 0.00000562. The van der Waals surface area contributed by atoms with Crippen molar-refractivity contribution in [2.75, 3.05) is 0 Å². The minimum absolute atomic E-state index is 0. The topological polar surface area (TPSA) is 61.0 Å². The summed E-state index contributed by atoms with van der Waals surface area (Å²) in [4.78, 5) is 9.40. The van der Waals surface area contributed by atoms with E-state index in [1.165, 1.54) is 0 Å². The molecular weight excluding hydrogens is 1970 g/mol. The van der Waals surface area contributed by atoms with Crippen LogP contribution in [0.5, 0.6) is 0 Å². The van der Waals surface area contributed by atoms with Gasteiger partial charge in [0.25, 0.3) is 25.3 Å². The van der Waals surface area contributed by atoms with Gasteiger partial charge in [-0.15, -0.1) is 22.3 Å². The Labute approximate surface area is 798 Å². The molecule has 16 aromatic carbocycles. The van der Waals surface area contributed by atoms with E-state index in [0.717, 1.165) is 213 Å². The molecule has 5 heterocycles. The molecule has 640 valence electrons. The maximum absolute atomic E-state index is 4.70. The SMILES string of the molecule is Cc1c(C)[n+](-c2ccccc2)[c-]n1-c1[c-]cc(-c2ccccc2-c2cc(-c3ccccc3-c3c[c-]c(-n4[c-][n+](-c5ccccc5)c(C)c4C)cc3)cc(-c3cccc(-c4cc(-c5ccccc5-c5c[c-]c(-n6[c-][n+](-c7ccccc7)c(C)c6C)cc5)cc(-c5ccccc5-c5c[c-]c(-n6[c-][n+](-c7ccccc7)c(C)c6C)cc5)c4)c3-c3c[c-]c(-c4ncccn4)[c-]c3)c2)cc1.[Ir].[Ir]. The Morgan fingerprint density at radius 1 is 0.212 bits per heavy atom. The Kier molecular flexibility index (Phi) is 24.2. The van der Waals surface area contributed by atoms with Gasteiger partial charge in [0.1, 0.15) is 0 Å². The van der Waals surface area contributed by atoms with Gasteiger partial charge in [0, 0.05) is 75.4 Å². The van der Waals surface area contributed by atoms with Gasteiger partial charge in [0.2, 0.25) is 0 Å². The average Bonchev–Trinajstić information content (AvgIpc) is 1.11. The Bertz CT molecular complexity index is 6980. The monoisotopic (exact) mass is 2050 g/mol. The summed E-state index contributed by atoms with van der Waals surface area (Å²) in [5, 5.41) is 0. The van der Waals surface area contributed by atoms with E-state index in [9.17, 15) is 0 Å². The fraction of sp³-hybridized carbons (Fsp3) is 0.0667. The van der Waals surface area contributed by atoms with Crippen LogP contribution in [0.2, 0.25) is 0 Å². The zero-order valence-electron chi connectivity index (χ0n) is 73.9. The summed E-state index contributed by atoms with van der Waals surface area (Å²) in [6.07, 6.45) is 18.1. The fourth-order valence-corrected chi connectivity index (χ4v) is 18.0. The van der Waals surface area contributed by atoms with Gasteiger partial charge in [-0.05, 0) is 242 Å². The second-order valence-corrected chi connectivity index (χ2v) is 32.9. The molecule has 0 aliphatic heterocycles. The predicted octanol–water partition coefficient (Wildman–Crippen LogP) is 25.2. The second-order valence-electron chi connectivity index (χ2n) is 32.9. The van der Waals surface area contributed by atoms with Crippen molar-refractivity contribution < 1.29 is 58.5 Å². The first kappa shape index (κ1) is 86.1. The zero-order valence-corrected chi connectivity index (χ0v) is 78.7. The van der Waals surface area contributed by atoms with E-state index in [1.807, 2.05) is 30.3 Å². The minimum Gasteiger partial charge on any atom is -0.333 e. The number of para-hydroxylation sites is 4. The Hall–Kier alpha value is -15.3.